The smallest absolute Gasteiger partial charge is 0.319 e. The van der Waals surface area contributed by atoms with Gasteiger partial charge >= 0.3 is 6.03 Å². The molecule has 3 aromatic rings. The number of benzene rings is 2. The Morgan fingerprint density at radius 2 is 1.60 bits per heavy atom. The van der Waals surface area contributed by atoms with Crippen molar-refractivity contribution in [2.24, 2.45) is 0 Å². The molecule has 3 rings (SSSR count). The summed E-state index contributed by atoms with van der Waals surface area (Å²) >= 11 is 0. The number of nitrogens with one attached hydrogen (secondary N) is 2. The molecule has 5 heteroatoms. The zero-order valence-electron chi connectivity index (χ0n) is 13.7. The third kappa shape index (κ3) is 5.35. The summed E-state index contributed by atoms with van der Waals surface area (Å²) in [4.78, 5) is 15.9. The van der Waals surface area contributed by atoms with Crippen LogP contribution >= 0.6 is 0 Å². The lowest BCUT2D eigenvalue weighted by molar-refractivity contribution is 0.251. The molecule has 2 amide bonds. The van der Waals surface area contributed by atoms with Crippen molar-refractivity contribution in [3.8, 4) is 5.75 Å². The van der Waals surface area contributed by atoms with Gasteiger partial charge in [0.15, 0.2) is 0 Å². The van der Waals surface area contributed by atoms with Gasteiger partial charge in [0.25, 0.3) is 0 Å². The highest BCUT2D eigenvalue weighted by Crippen LogP contribution is 2.17. The van der Waals surface area contributed by atoms with Crippen LogP contribution in [0.2, 0.25) is 0 Å². The molecule has 0 fully saturated rings. The number of urea groups is 1. The number of amides is 2. The molecule has 0 aliphatic heterocycles. The Morgan fingerprint density at radius 3 is 2.32 bits per heavy atom. The molecule has 0 spiro atoms. The van der Waals surface area contributed by atoms with Gasteiger partial charge < -0.3 is 15.4 Å². The van der Waals surface area contributed by atoms with Crippen LogP contribution in [0.4, 0.5) is 10.5 Å². The van der Waals surface area contributed by atoms with E-state index in [2.05, 4.69) is 15.6 Å². The van der Waals surface area contributed by atoms with Crippen LogP contribution in [0.3, 0.4) is 0 Å². The standard InChI is InChI=1S/C20H19N3O2/c24-20(22-14-16-10-12-21-13-11-16)23-18-6-8-19(9-7-18)25-15-17-4-2-1-3-5-17/h1-13H,14-15H2,(H2,22,23,24). The molecule has 0 aliphatic carbocycles. The van der Waals surface area contributed by atoms with E-state index in [9.17, 15) is 4.79 Å². The fraction of sp³-hybridized carbons (Fsp3) is 0.100. The third-order valence-electron chi connectivity index (χ3n) is 3.56. The van der Waals surface area contributed by atoms with E-state index >= 15 is 0 Å². The van der Waals surface area contributed by atoms with Crippen LogP contribution in [-0.2, 0) is 13.2 Å². The molecule has 2 aromatic carbocycles. The maximum atomic E-state index is 11.9. The van der Waals surface area contributed by atoms with Gasteiger partial charge in [-0.3, -0.25) is 4.98 Å². The number of ether oxygens (including phenoxy) is 1. The number of nitrogens with zero attached hydrogens (tertiary/aromatic N) is 1. The summed E-state index contributed by atoms with van der Waals surface area (Å²) in [6, 6.07) is 20.7. The van der Waals surface area contributed by atoms with E-state index in [-0.39, 0.29) is 6.03 Å². The van der Waals surface area contributed by atoms with Crippen molar-refractivity contribution in [3.63, 3.8) is 0 Å². The summed E-state index contributed by atoms with van der Waals surface area (Å²) in [5, 5.41) is 5.59. The maximum Gasteiger partial charge on any atom is 0.319 e. The predicted molar refractivity (Wildman–Crippen MR) is 97.3 cm³/mol. The predicted octanol–water partition coefficient (Wildman–Crippen LogP) is 3.98. The van der Waals surface area contributed by atoms with E-state index in [1.165, 1.54) is 0 Å². The minimum absolute atomic E-state index is 0.255. The first-order valence-corrected chi connectivity index (χ1v) is 8.00. The first kappa shape index (κ1) is 16.5. The van der Waals surface area contributed by atoms with Gasteiger partial charge in [-0.2, -0.15) is 0 Å². The van der Waals surface area contributed by atoms with Crippen LogP contribution < -0.4 is 15.4 Å². The number of hydrogen-bond donors (Lipinski definition) is 2. The molecule has 0 bridgehead atoms. The highest BCUT2D eigenvalue weighted by Gasteiger charge is 2.02. The highest BCUT2D eigenvalue weighted by atomic mass is 16.5. The Bertz CT molecular complexity index is 790. The van der Waals surface area contributed by atoms with Crippen molar-refractivity contribution in [2.75, 3.05) is 5.32 Å². The second-order valence-corrected chi connectivity index (χ2v) is 5.46. The Morgan fingerprint density at radius 1 is 0.880 bits per heavy atom. The van der Waals surface area contributed by atoms with Crippen molar-refractivity contribution < 1.29 is 9.53 Å². The third-order valence-corrected chi connectivity index (χ3v) is 3.56. The van der Waals surface area contributed by atoms with Crippen LogP contribution in [0, 0.1) is 0 Å². The second kappa shape index (κ2) is 8.49. The maximum absolute atomic E-state index is 11.9. The van der Waals surface area contributed by atoms with Crippen LogP contribution in [-0.4, -0.2) is 11.0 Å². The van der Waals surface area contributed by atoms with Gasteiger partial charge in [0, 0.05) is 24.6 Å². The monoisotopic (exact) mass is 333 g/mol. The molecule has 2 N–H and O–H groups in total. The minimum atomic E-state index is -0.255. The largest absolute Gasteiger partial charge is 0.489 e. The van der Waals surface area contributed by atoms with E-state index in [4.69, 9.17) is 4.74 Å². The van der Waals surface area contributed by atoms with E-state index in [1.807, 2.05) is 66.7 Å². The quantitative estimate of drug-likeness (QED) is 0.717. The lowest BCUT2D eigenvalue weighted by atomic mass is 10.2. The molecule has 1 heterocycles. The Balaban J connectivity index is 1.46. The van der Waals surface area contributed by atoms with Crippen LogP contribution in [0.15, 0.2) is 79.1 Å². The molecule has 0 saturated carbocycles. The van der Waals surface area contributed by atoms with Crippen molar-refractivity contribution in [1.29, 1.82) is 0 Å². The molecule has 0 radical (unpaired) electrons. The topological polar surface area (TPSA) is 63.2 Å². The summed E-state index contributed by atoms with van der Waals surface area (Å²) in [5.74, 6) is 0.756. The molecule has 0 aliphatic rings. The van der Waals surface area contributed by atoms with E-state index in [1.54, 1.807) is 12.4 Å². The lowest BCUT2D eigenvalue weighted by Crippen LogP contribution is -2.28. The van der Waals surface area contributed by atoms with Gasteiger partial charge in [-0.15, -0.1) is 0 Å². The molecular weight excluding hydrogens is 314 g/mol. The Kier molecular flexibility index (Phi) is 5.61. The summed E-state index contributed by atoms with van der Waals surface area (Å²) in [6.45, 7) is 0.965. The van der Waals surface area contributed by atoms with Crippen molar-refractivity contribution in [2.45, 2.75) is 13.2 Å². The van der Waals surface area contributed by atoms with Gasteiger partial charge in [0.05, 0.1) is 0 Å². The molecule has 0 unspecified atom stereocenters. The molecule has 5 nitrogen and oxygen atoms in total. The molecular formula is C20H19N3O2. The molecule has 0 atom stereocenters. The number of pyridine rings is 1. The van der Waals surface area contributed by atoms with Crippen LogP contribution in [0.25, 0.3) is 0 Å². The lowest BCUT2D eigenvalue weighted by Gasteiger charge is -2.09. The number of aromatic nitrogens is 1. The van der Waals surface area contributed by atoms with Gasteiger partial charge in [-0.25, -0.2) is 4.79 Å². The van der Waals surface area contributed by atoms with Gasteiger partial charge in [-0.1, -0.05) is 30.3 Å². The van der Waals surface area contributed by atoms with Crippen molar-refractivity contribution in [3.05, 3.63) is 90.3 Å². The van der Waals surface area contributed by atoms with Gasteiger partial charge in [-0.05, 0) is 47.5 Å². The average molecular weight is 333 g/mol. The normalized spacial score (nSPS) is 10.1. The first-order chi connectivity index (χ1) is 12.3. The number of carbonyl (C=O) groups is 1. The van der Waals surface area contributed by atoms with Crippen molar-refractivity contribution in [1.82, 2.24) is 10.3 Å². The summed E-state index contributed by atoms with van der Waals surface area (Å²) in [7, 11) is 0. The van der Waals surface area contributed by atoms with Crippen molar-refractivity contribution >= 4 is 11.7 Å². The zero-order chi connectivity index (χ0) is 17.3. The minimum Gasteiger partial charge on any atom is -0.489 e. The van der Waals surface area contributed by atoms with E-state index in [0.29, 0.717) is 18.8 Å². The van der Waals surface area contributed by atoms with E-state index in [0.717, 1.165) is 16.9 Å². The number of carbonyl (C=O) groups excluding carboxylic acids is 1. The number of anilines is 1. The number of hydrogen-bond acceptors (Lipinski definition) is 3. The van der Waals surface area contributed by atoms with Crippen LogP contribution in [0.5, 0.6) is 5.75 Å². The SMILES string of the molecule is O=C(NCc1ccncc1)Nc1ccc(OCc2ccccc2)cc1. The average Bonchev–Trinajstić information content (AvgIpc) is 2.67. The molecule has 126 valence electrons. The summed E-state index contributed by atoms with van der Waals surface area (Å²) in [5.41, 5.74) is 2.81. The molecule has 25 heavy (non-hydrogen) atoms. The zero-order valence-corrected chi connectivity index (χ0v) is 13.7. The Hall–Kier alpha value is -3.34. The van der Waals surface area contributed by atoms with Gasteiger partial charge in [0.1, 0.15) is 12.4 Å². The first-order valence-electron chi connectivity index (χ1n) is 8.00. The van der Waals surface area contributed by atoms with Gasteiger partial charge in [0.2, 0.25) is 0 Å². The summed E-state index contributed by atoms with van der Waals surface area (Å²) in [6.07, 6.45) is 3.40. The second-order valence-electron chi connectivity index (χ2n) is 5.46. The highest BCUT2D eigenvalue weighted by molar-refractivity contribution is 5.89. The van der Waals surface area contributed by atoms with Crippen LogP contribution in [0.1, 0.15) is 11.1 Å². The fourth-order valence-electron chi connectivity index (χ4n) is 2.23. The number of rotatable bonds is 6. The molecule has 0 saturated heterocycles. The van der Waals surface area contributed by atoms with E-state index < -0.39 is 0 Å². The Labute approximate surface area is 146 Å². The molecule has 1 aromatic heterocycles. The fourth-order valence-corrected chi connectivity index (χ4v) is 2.23. The summed E-state index contributed by atoms with van der Waals surface area (Å²) < 4.78 is 5.72.